The number of thiazole rings is 1. The molecule has 2 aliphatic rings. The molecule has 0 aliphatic carbocycles. The van der Waals surface area contributed by atoms with E-state index in [9.17, 15) is 14.7 Å². The number of carboxylic acids is 1. The number of aromatic carboxylic acids is 1. The molecule has 3 aromatic heterocycles. The van der Waals surface area contributed by atoms with Gasteiger partial charge in [0.1, 0.15) is 5.56 Å². The van der Waals surface area contributed by atoms with E-state index in [1.54, 1.807) is 11.6 Å². The van der Waals surface area contributed by atoms with Gasteiger partial charge in [0, 0.05) is 36.9 Å². The molecule has 2 fully saturated rings. The third-order valence-electron chi connectivity index (χ3n) is 5.67. The minimum absolute atomic E-state index is 0. The van der Waals surface area contributed by atoms with Gasteiger partial charge in [0.25, 0.3) is 0 Å². The summed E-state index contributed by atoms with van der Waals surface area (Å²) in [5.74, 6) is -1.37. The molecule has 0 aromatic carbocycles. The number of carboxylic acid groups (broad SMARTS) is 1. The van der Waals surface area contributed by atoms with Crippen LogP contribution < -0.4 is 15.6 Å². The van der Waals surface area contributed by atoms with E-state index in [-0.39, 0.29) is 29.3 Å². The van der Waals surface area contributed by atoms with Crippen LogP contribution in [0.15, 0.2) is 28.6 Å². The number of hydrogen-bond donors (Lipinski definition) is 2. The SMILES string of the molecule is Cl.O=C(O)c1cn(-c2nccs2)c2nc(N3C[C@@H]4CCCN[C@@H]4C3)c(F)cc2c1=O. The summed E-state index contributed by atoms with van der Waals surface area (Å²) in [6.07, 6.45) is 4.98. The molecule has 2 N–H and O–H groups in total. The molecule has 0 saturated carbocycles. The van der Waals surface area contributed by atoms with Gasteiger partial charge in [0.05, 0.1) is 5.39 Å². The van der Waals surface area contributed by atoms with Crippen LogP contribution in [-0.4, -0.2) is 51.3 Å². The van der Waals surface area contributed by atoms with Crippen molar-refractivity contribution >= 4 is 46.6 Å². The highest BCUT2D eigenvalue weighted by Gasteiger charge is 2.36. The molecule has 8 nitrogen and oxygen atoms in total. The Bertz CT molecular complexity index is 1160. The summed E-state index contributed by atoms with van der Waals surface area (Å²) >= 11 is 1.28. The Kier molecular flexibility index (Phi) is 5.48. The second-order valence-corrected chi connectivity index (χ2v) is 8.27. The summed E-state index contributed by atoms with van der Waals surface area (Å²) in [6, 6.07) is 1.41. The highest BCUT2D eigenvalue weighted by Crippen LogP contribution is 2.31. The zero-order valence-electron chi connectivity index (χ0n) is 15.7. The molecular formula is C19H19ClFN5O3S. The van der Waals surface area contributed by atoms with Crippen molar-refractivity contribution in [1.29, 1.82) is 0 Å². The molecule has 0 radical (unpaired) electrons. The fraction of sp³-hybridized carbons (Fsp3) is 0.368. The summed E-state index contributed by atoms with van der Waals surface area (Å²) in [7, 11) is 0. The van der Waals surface area contributed by atoms with Crippen LogP contribution in [0.5, 0.6) is 0 Å². The van der Waals surface area contributed by atoms with Crippen LogP contribution in [0.25, 0.3) is 16.2 Å². The highest BCUT2D eigenvalue weighted by molar-refractivity contribution is 7.12. The molecular weight excluding hydrogens is 433 g/mol. The fourth-order valence-corrected chi connectivity index (χ4v) is 4.91. The first-order valence-electron chi connectivity index (χ1n) is 9.40. The molecule has 0 bridgehead atoms. The summed E-state index contributed by atoms with van der Waals surface area (Å²) < 4.78 is 16.5. The first-order valence-corrected chi connectivity index (χ1v) is 10.3. The lowest BCUT2D eigenvalue weighted by Crippen LogP contribution is -2.40. The van der Waals surface area contributed by atoms with Gasteiger partial charge in [0.2, 0.25) is 5.43 Å². The summed E-state index contributed by atoms with van der Waals surface area (Å²) in [5.41, 5.74) is -0.998. The van der Waals surface area contributed by atoms with E-state index in [2.05, 4.69) is 15.3 Å². The van der Waals surface area contributed by atoms with Crippen LogP contribution in [-0.2, 0) is 0 Å². The number of rotatable bonds is 3. The number of nitrogens with one attached hydrogen (secondary N) is 1. The number of nitrogens with zero attached hydrogens (tertiary/aromatic N) is 4. The fourth-order valence-electron chi connectivity index (χ4n) is 4.29. The lowest BCUT2D eigenvalue weighted by atomic mass is 9.94. The molecule has 30 heavy (non-hydrogen) atoms. The number of aromatic nitrogens is 3. The monoisotopic (exact) mass is 451 g/mol. The first kappa shape index (κ1) is 20.7. The number of halogens is 2. The van der Waals surface area contributed by atoms with Crippen molar-refractivity contribution in [2.24, 2.45) is 5.92 Å². The standard InChI is InChI=1S/C19H18FN5O3S.ClH/c20-13-6-11-15(26)12(18(27)28)8-25(19-22-4-5-29-19)16(11)23-17(13)24-7-10-2-1-3-21-14(10)9-24;/h4-6,8,10,14,21H,1-3,7,9H2,(H,27,28);1H/t10-,14+;/m0./s1. The summed E-state index contributed by atoms with van der Waals surface area (Å²) in [6.45, 7) is 2.31. The van der Waals surface area contributed by atoms with Crippen molar-refractivity contribution in [2.45, 2.75) is 18.9 Å². The third-order valence-corrected chi connectivity index (χ3v) is 6.44. The van der Waals surface area contributed by atoms with Crippen molar-refractivity contribution in [3.63, 3.8) is 0 Å². The van der Waals surface area contributed by atoms with Gasteiger partial charge >= 0.3 is 5.97 Å². The van der Waals surface area contributed by atoms with Gasteiger partial charge in [-0.15, -0.1) is 23.7 Å². The van der Waals surface area contributed by atoms with Crippen molar-refractivity contribution < 1.29 is 14.3 Å². The lowest BCUT2D eigenvalue weighted by molar-refractivity contribution is 0.0695. The van der Waals surface area contributed by atoms with Crippen LogP contribution in [0.2, 0.25) is 0 Å². The average molecular weight is 452 g/mol. The predicted molar refractivity (Wildman–Crippen MR) is 114 cm³/mol. The Hall–Kier alpha value is -2.56. The zero-order valence-corrected chi connectivity index (χ0v) is 17.4. The van der Waals surface area contributed by atoms with Crippen molar-refractivity contribution in [3.05, 3.63) is 45.4 Å². The maximum atomic E-state index is 15.0. The second kappa shape index (κ2) is 7.93. The molecule has 11 heteroatoms. The number of fused-ring (bicyclic) bond motifs is 2. The predicted octanol–water partition coefficient (Wildman–Crippen LogP) is 2.29. The van der Waals surface area contributed by atoms with Crippen LogP contribution >= 0.6 is 23.7 Å². The van der Waals surface area contributed by atoms with Crippen molar-refractivity contribution in [2.75, 3.05) is 24.5 Å². The molecule has 2 atom stereocenters. The Labute approximate surface area is 180 Å². The maximum Gasteiger partial charge on any atom is 0.341 e. The second-order valence-electron chi connectivity index (χ2n) is 7.39. The Morgan fingerprint density at radius 1 is 1.37 bits per heavy atom. The largest absolute Gasteiger partial charge is 0.477 e. The molecule has 5 rings (SSSR count). The number of pyridine rings is 2. The third kappa shape index (κ3) is 3.34. The average Bonchev–Trinajstić information content (AvgIpc) is 3.37. The van der Waals surface area contributed by atoms with Gasteiger partial charge < -0.3 is 15.3 Å². The zero-order chi connectivity index (χ0) is 20.1. The molecule has 2 aliphatic heterocycles. The number of anilines is 1. The number of hydrogen-bond acceptors (Lipinski definition) is 7. The van der Waals surface area contributed by atoms with E-state index >= 15 is 4.39 Å². The van der Waals surface area contributed by atoms with Crippen molar-refractivity contribution in [1.82, 2.24) is 19.9 Å². The van der Waals surface area contributed by atoms with Crippen LogP contribution in [0.4, 0.5) is 10.2 Å². The van der Waals surface area contributed by atoms with Crippen LogP contribution in [0.3, 0.4) is 0 Å². The first-order chi connectivity index (χ1) is 14.0. The van der Waals surface area contributed by atoms with Gasteiger partial charge in [-0.25, -0.2) is 19.2 Å². The number of piperidine rings is 1. The molecule has 5 heterocycles. The topological polar surface area (TPSA) is 100 Å². The molecule has 3 aromatic rings. The minimum Gasteiger partial charge on any atom is -0.477 e. The quantitative estimate of drug-likeness (QED) is 0.630. The van der Waals surface area contributed by atoms with E-state index in [0.29, 0.717) is 30.2 Å². The van der Waals surface area contributed by atoms with Gasteiger partial charge in [0.15, 0.2) is 22.4 Å². The van der Waals surface area contributed by atoms with E-state index in [0.717, 1.165) is 25.5 Å². The lowest BCUT2D eigenvalue weighted by Gasteiger charge is -2.24. The van der Waals surface area contributed by atoms with E-state index in [1.165, 1.54) is 22.1 Å². The molecule has 158 valence electrons. The molecule has 0 amide bonds. The maximum absolute atomic E-state index is 15.0. The van der Waals surface area contributed by atoms with E-state index in [4.69, 9.17) is 0 Å². The van der Waals surface area contributed by atoms with Gasteiger partial charge in [-0.1, -0.05) is 0 Å². The normalized spacial score (nSPS) is 20.8. The molecule has 0 spiro atoms. The van der Waals surface area contributed by atoms with Gasteiger partial charge in [-0.3, -0.25) is 9.36 Å². The summed E-state index contributed by atoms with van der Waals surface area (Å²) in [4.78, 5) is 34.8. The smallest absolute Gasteiger partial charge is 0.341 e. The summed E-state index contributed by atoms with van der Waals surface area (Å²) in [5, 5.41) is 15.0. The van der Waals surface area contributed by atoms with Gasteiger partial charge in [-0.2, -0.15) is 0 Å². The van der Waals surface area contributed by atoms with E-state index < -0.39 is 22.8 Å². The molecule has 0 unspecified atom stereocenters. The molecule has 2 saturated heterocycles. The van der Waals surface area contributed by atoms with Crippen molar-refractivity contribution in [3.8, 4) is 5.13 Å². The van der Waals surface area contributed by atoms with Crippen LogP contribution in [0, 0.1) is 11.7 Å². The Morgan fingerprint density at radius 2 is 2.20 bits per heavy atom. The van der Waals surface area contributed by atoms with Crippen LogP contribution in [0.1, 0.15) is 23.2 Å². The minimum atomic E-state index is -1.37. The highest BCUT2D eigenvalue weighted by atomic mass is 35.5. The Balaban J connectivity index is 0.00000218. The Morgan fingerprint density at radius 3 is 2.90 bits per heavy atom. The van der Waals surface area contributed by atoms with E-state index in [1.807, 2.05) is 4.90 Å². The number of carbonyl (C=O) groups is 1. The van der Waals surface area contributed by atoms with Gasteiger partial charge in [-0.05, 0) is 31.4 Å².